The first kappa shape index (κ1) is 38.6. The number of ether oxygens (including phenoxy) is 2. The number of carbonyl (C=O) groups is 2. The van der Waals surface area contributed by atoms with Crippen LogP contribution in [-0.4, -0.2) is 67.5 Å². The molecule has 1 aromatic carbocycles. The van der Waals surface area contributed by atoms with Crippen molar-refractivity contribution in [3.8, 4) is 5.75 Å². The van der Waals surface area contributed by atoms with Gasteiger partial charge in [-0.05, 0) is 69.2 Å². The highest BCUT2D eigenvalue weighted by Gasteiger charge is 2.32. The number of halogens is 2. The van der Waals surface area contributed by atoms with Gasteiger partial charge in [-0.2, -0.15) is 0 Å². The zero-order chi connectivity index (χ0) is 28.8. The van der Waals surface area contributed by atoms with Crippen molar-refractivity contribution in [3.05, 3.63) is 59.9 Å². The highest BCUT2D eigenvalue weighted by atomic mass is 35.5. The fourth-order valence-corrected chi connectivity index (χ4v) is 4.15. The second-order valence-electron chi connectivity index (χ2n) is 10.8. The summed E-state index contributed by atoms with van der Waals surface area (Å²) in [6.45, 7) is 9.31. The Kier molecular flexibility index (Phi) is 18.5. The molecule has 0 fully saturated rings. The minimum absolute atomic E-state index is 0. The van der Waals surface area contributed by atoms with Crippen LogP contribution in [0.15, 0.2) is 48.7 Å². The number of nitrogens with one attached hydrogen (secondary N) is 2. The standard InChI is InChI=1S/C30H46N4O5.2ClH/c1-21(2)22(19-33-28(36)23-12-6-7-13-26(23)39-17-11-10-16-38-5)18-24(31)25(35)20-34-29(37)30(3,4)27-14-8-9-15-32-27;;/h6-9,12-15,21-22,24-25,35H,10-11,16-20,31H2,1-5H3,(H,33,36)(H,34,37);2*1H. The van der Waals surface area contributed by atoms with Crippen LogP contribution in [0.5, 0.6) is 5.75 Å². The number of aliphatic hydroxyl groups is 1. The van der Waals surface area contributed by atoms with Gasteiger partial charge in [0.05, 0.1) is 29.4 Å². The first-order valence-corrected chi connectivity index (χ1v) is 13.7. The first-order chi connectivity index (χ1) is 18.6. The average Bonchev–Trinajstić information content (AvgIpc) is 2.93. The fourth-order valence-electron chi connectivity index (χ4n) is 4.15. The quantitative estimate of drug-likeness (QED) is 0.198. The van der Waals surface area contributed by atoms with Gasteiger partial charge >= 0.3 is 0 Å². The lowest BCUT2D eigenvalue weighted by Crippen LogP contribution is -2.49. The number of nitrogens with two attached hydrogens (primary N) is 1. The van der Waals surface area contributed by atoms with Gasteiger partial charge in [-0.25, -0.2) is 0 Å². The number of hydrogen-bond donors (Lipinski definition) is 4. The summed E-state index contributed by atoms with van der Waals surface area (Å²) in [5, 5.41) is 16.5. The smallest absolute Gasteiger partial charge is 0.255 e. The van der Waals surface area contributed by atoms with Gasteiger partial charge in [-0.3, -0.25) is 14.6 Å². The van der Waals surface area contributed by atoms with Crippen LogP contribution >= 0.6 is 24.8 Å². The molecule has 9 nitrogen and oxygen atoms in total. The molecule has 1 aromatic heterocycles. The normalized spacial score (nSPS) is 13.3. The largest absolute Gasteiger partial charge is 0.493 e. The molecule has 0 aliphatic carbocycles. The van der Waals surface area contributed by atoms with Crippen molar-refractivity contribution in [2.75, 3.05) is 33.4 Å². The molecule has 3 atom stereocenters. The van der Waals surface area contributed by atoms with E-state index in [0.717, 1.165) is 12.8 Å². The van der Waals surface area contributed by atoms with E-state index in [1.807, 2.05) is 18.2 Å². The van der Waals surface area contributed by atoms with Crippen LogP contribution in [0, 0.1) is 11.8 Å². The number of hydrogen-bond acceptors (Lipinski definition) is 7. The second kappa shape index (κ2) is 19.6. The van der Waals surface area contributed by atoms with Crippen LogP contribution in [0.4, 0.5) is 0 Å². The minimum atomic E-state index is -0.933. The Morgan fingerprint density at radius 2 is 1.66 bits per heavy atom. The van der Waals surface area contributed by atoms with Gasteiger partial charge in [-0.1, -0.05) is 32.0 Å². The van der Waals surface area contributed by atoms with Crippen molar-refractivity contribution in [2.45, 2.75) is 64.5 Å². The van der Waals surface area contributed by atoms with E-state index in [9.17, 15) is 14.7 Å². The van der Waals surface area contributed by atoms with Gasteiger partial charge in [-0.15, -0.1) is 24.8 Å². The van der Waals surface area contributed by atoms with E-state index >= 15 is 0 Å². The van der Waals surface area contributed by atoms with E-state index in [1.54, 1.807) is 51.4 Å². The first-order valence-electron chi connectivity index (χ1n) is 13.7. The van der Waals surface area contributed by atoms with Crippen molar-refractivity contribution >= 4 is 36.6 Å². The van der Waals surface area contributed by atoms with Gasteiger partial charge in [0.2, 0.25) is 5.91 Å². The van der Waals surface area contributed by atoms with Crippen LogP contribution in [0.2, 0.25) is 0 Å². The topological polar surface area (TPSA) is 136 Å². The van der Waals surface area contributed by atoms with Crippen molar-refractivity contribution < 1.29 is 24.2 Å². The SMILES string of the molecule is COCCCCOc1ccccc1C(=O)NCC(CC(N)C(O)CNC(=O)C(C)(C)c1ccccn1)C(C)C.Cl.Cl. The Labute approximate surface area is 257 Å². The van der Waals surface area contributed by atoms with Crippen LogP contribution in [-0.2, 0) is 14.9 Å². The maximum atomic E-state index is 13.0. The number of methoxy groups -OCH3 is 1. The molecule has 2 aromatic rings. The number of carbonyl (C=O) groups excluding carboxylic acids is 2. The molecular formula is C30H48Cl2N4O5. The summed E-state index contributed by atoms with van der Waals surface area (Å²) < 4.78 is 10.9. The molecule has 5 N–H and O–H groups in total. The number of aromatic nitrogens is 1. The molecule has 0 saturated heterocycles. The average molecular weight is 616 g/mol. The molecule has 2 amide bonds. The van der Waals surface area contributed by atoms with Gasteiger partial charge in [0.15, 0.2) is 0 Å². The van der Waals surface area contributed by atoms with E-state index < -0.39 is 17.6 Å². The van der Waals surface area contributed by atoms with Crippen molar-refractivity contribution in [2.24, 2.45) is 17.6 Å². The molecule has 0 bridgehead atoms. The Bertz CT molecular complexity index is 1030. The minimum Gasteiger partial charge on any atom is -0.493 e. The van der Waals surface area contributed by atoms with Gasteiger partial charge in [0.1, 0.15) is 5.75 Å². The molecule has 11 heteroatoms. The third-order valence-electron chi connectivity index (χ3n) is 7.01. The molecule has 0 saturated carbocycles. The summed E-state index contributed by atoms with van der Waals surface area (Å²) in [5.41, 5.74) is 6.62. The maximum absolute atomic E-state index is 13.0. The Balaban J connectivity index is 0.00000800. The molecule has 2 rings (SSSR count). The lowest BCUT2D eigenvalue weighted by atomic mass is 9.86. The Morgan fingerprint density at radius 3 is 2.29 bits per heavy atom. The lowest BCUT2D eigenvalue weighted by molar-refractivity contribution is -0.126. The van der Waals surface area contributed by atoms with Gasteiger partial charge in [0, 0.05) is 39.0 Å². The highest BCUT2D eigenvalue weighted by molar-refractivity contribution is 5.96. The van der Waals surface area contributed by atoms with E-state index in [2.05, 4.69) is 29.5 Å². The van der Waals surface area contributed by atoms with E-state index in [0.29, 0.717) is 43.2 Å². The summed E-state index contributed by atoms with van der Waals surface area (Å²) in [4.78, 5) is 30.1. The van der Waals surface area contributed by atoms with Gasteiger partial charge < -0.3 is 30.9 Å². The van der Waals surface area contributed by atoms with Crippen molar-refractivity contribution in [1.82, 2.24) is 15.6 Å². The number of unbranched alkanes of at least 4 members (excludes halogenated alkanes) is 1. The second-order valence-corrected chi connectivity index (χ2v) is 10.8. The third kappa shape index (κ3) is 12.5. The number of rotatable bonds is 17. The zero-order valence-electron chi connectivity index (χ0n) is 24.8. The number of amides is 2. The van der Waals surface area contributed by atoms with Crippen LogP contribution in [0.25, 0.3) is 0 Å². The van der Waals surface area contributed by atoms with Crippen molar-refractivity contribution in [1.29, 1.82) is 0 Å². The Hall–Kier alpha value is -2.43. The van der Waals surface area contributed by atoms with E-state index in [4.69, 9.17) is 15.2 Å². The fraction of sp³-hybridized carbons (Fsp3) is 0.567. The van der Waals surface area contributed by atoms with Crippen molar-refractivity contribution in [3.63, 3.8) is 0 Å². The molecule has 3 unspecified atom stereocenters. The van der Waals surface area contributed by atoms with Gasteiger partial charge in [0.25, 0.3) is 5.91 Å². The van der Waals surface area contributed by atoms with Crippen LogP contribution in [0.1, 0.15) is 63.0 Å². The molecule has 0 radical (unpaired) electrons. The number of para-hydroxylation sites is 1. The molecule has 41 heavy (non-hydrogen) atoms. The number of pyridine rings is 1. The van der Waals surface area contributed by atoms with Crippen LogP contribution < -0.4 is 21.1 Å². The maximum Gasteiger partial charge on any atom is 0.255 e. The predicted octanol–water partition coefficient (Wildman–Crippen LogP) is 3.90. The molecular weight excluding hydrogens is 567 g/mol. The third-order valence-corrected chi connectivity index (χ3v) is 7.01. The van der Waals surface area contributed by atoms with E-state index in [1.165, 1.54) is 0 Å². The van der Waals surface area contributed by atoms with Crippen LogP contribution in [0.3, 0.4) is 0 Å². The summed E-state index contributed by atoms with van der Waals surface area (Å²) in [7, 11) is 1.67. The predicted molar refractivity (Wildman–Crippen MR) is 167 cm³/mol. The van der Waals surface area contributed by atoms with E-state index in [-0.39, 0.29) is 55.0 Å². The molecule has 0 spiro atoms. The molecule has 0 aliphatic heterocycles. The molecule has 0 aliphatic rings. The molecule has 232 valence electrons. The summed E-state index contributed by atoms with van der Waals surface area (Å²) in [6.07, 6.45) is 2.92. The summed E-state index contributed by atoms with van der Waals surface area (Å²) in [5.74, 6) is 0.339. The zero-order valence-corrected chi connectivity index (χ0v) is 26.4. The lowest BCUT2D eigenvalue weighted by Gasteiger charge is -2.28. The molecule has 1 heterocycles. The Morgan fingerprint density at radius 1 is 1.00 bits per heavy atom. The monoisotopic (exact) mass is 614 g/mol. The number of nitrogens with zero attached hydrogens (tertiary/aromatic N) is 1. The highest BCUT2D eigenvalue weighted by Crippen LogP contribution is 2.22. The summed E-state index contributed by atoms with van der Waals surface area (Å²) >= 11 is 0. The number of aliphatic hydroxyl groups excluding tert-OH is 1. The number of benzene rings is 1. The summed E-state index contributed by atoms with van der Waals surface area (Å²) in [6, 6.07) is 12.1.